The van der Waals surface area contributed by atoms with E-state index in [9.17, 15) is 9.59 Å². The van der Waals surface area contributed by atoms with Crippen molar-refractivity contribution in [2.75, 3.05) is 17.3 Å². The third-order valence-corrected chi connectivity index (χ3v) is 3.38. The first kappa shape index (κ1) is 14.8. The summed E-state index contributed by atoms with van der Waals surface area (Å²) in [5.74, 6) is -0.273. The maximum absolute atomic E-state index is 12.4. The fourth-order valence-electron chi connectivity index (χ4n) is 2.06. The first-order chi connectivity index (χ1) is 10.0. The molecule has 0 aliphatic carbocycles. The minimum Gasteiger partial charge on any atom is -0.320 e. The van der Waals surface area contributed by atoms with Gasteiger partial charge >= 0.3 is 0 Å². The molecule has 0 aromatic heterocycles. The molecule has 0 saturated heterocycles. The summed E-state index contributed by atoms with van der Waals surface area (Å²) < 4.78 is 0. The van der Waals surface area contributed by atoms with Crippen LogP contribution in [-0.2, 0) is 4.79 Å². The average molecular weight is 282 g/mol. The molecule has 0 radical (unpaired) electrons. The number of nitrogens with zero attached hydrogens (tertiary/aromatic N) is 1. The lowest BCUT2D eigenvalue weighted by Crippen LogP contribution is -2.25. The Bertz CT molecular complexity index is 680. The molecule has 0 atom stereocenters. The molecular weight excluding hydrogens is 264 g/mol. The van der Waals surface area contributed by atoms with Crippen LogP contribution < -0.4 is 10.2 Å². The molecule has 4 heteroatoms. The molecule has 4 nitrogen and oxygen atoms in total. The zero-order valence-electron chi connectivity index (χ0n) is 12.4. The molecule has 21 heavy (non-hydrogen) atoms. The fourth-order valence-corrected chi connectivity index (χ4v) is 2.06. The van der Waals surface area contributed by atoms with Gasteiger partial charge in [0.1, 0.15) is 0 Å². The lowest BCUT2D eigenvalue weighted by molar-refractivity contribution is -0.116. The molecule has 0 aliphatic heterocycles. The van der Waals surface area contributed by atoms with Gasteiger partial charge in [-0.15, -0.1) is 0 Å². The highest BCUT2D eigenvalue weighted by Gasteiger charge is 2.14. The number of benzene rings is 2. The van der Waals surface area contributed by atoms with Crippen molar-refractivity contribution in [3.63, 3.8) is 0 Å². The van der Waals surface area contributed by atoms with E-state index in [0.717, 1.165) is 5.56 Å². The molecule has 0 fully saturated rings. The first-order valence-electron chi connectivity index (χ1n) is 6.71. The Morgan fingerprint density at radius 1 is 1.00 bits per heavy atom. The molecular formula is C17H18N2O2. The van der Waals surface area contributed by atoms with Crippen LogP contribution in [-0.4, -0.2) is 18.9 Å². The van der Waals surface area contributed by atoms with Crippen LogP contribution in [0.15, 0.2) is 48.5 Å². The normalized spacial score (nSPS) is 10.0. The van der Waals surface area contributed by atoms with Crippen molar-refractivity contribution < 1.29 is 9.59 Å². The second-order valence-electron chi connectivity index (χ2n) is 4.86. The Labute approximate surface area is 124 Å². The summed E-state index contributed by atoms with van der Waals surface area (Å²) >= 11 is 0. The minimum atomic E-state index is -0.183. The highest BCUT2D eigenvalue weighted by Crippen LogP contribution is 2.25. The van der Waals surface area contributed by atoms with Gasteiger partial charge in [0.2, 0.25) is 5.91 Å². The van der Waals surface area contributed by atoms with Gasteiger partial charge in [-0.25, -0.2) is 0 Å². The van der Waals surface area contributed by atoms with E-state index in [2.05, 4.69) is 5.32 Å². The van der Waals surface area contributed by atoms with Crippen LogP contribution in [0.1, 0.15) is 22.8 Å². The van der Waals surface area contributed by atoms with Gasteiger partial charge in [0.05, 0.1) is 11.4 Å². The largest absolute Gasteiger partial charge is 0.320 e. The molecule has 2 aromatic carbocycles. The zero-order chi connectivity index (χ0) is 15.4. The van der Waals surface area contributed by atoms with E-state index in [4.69, 9.17) is 0 Å². The number of amides is 2. The third-order valence-electron chi connectivity index (χ3n) is 3.38. The number of carbonyl (C=O) groups is 2. The van der Waals surface area contributed by atoms with Gasteiger partial charge in [0.15, 0.2) is 0 Å². The van der Waals surface area contributed by atoms with Crippen LogP contribution in [0.4, 0.5) is 11.4 Å². The van der Waals surface area contributed by atoms with Crippen LogP contribution in [0.3, 0.4) is 0 Å². The van der Waals surface area contributed by atoms with Crippen LogP contribution in [0.5, 0.6) is 0 Å². The van der Waals surface area contributed by atoms with Crippen LogP contribution >= 0.6 is 0 Å². The van der Waals surface area contributed by atoms with E-state index in [1.165, 1.54) is 11.8 Å². The van der Waals surface area contributed by atoms with Crippen LogP contribution in [0.2, 0.25) is 0 Å². The molecule has 0 spiro atoms. The molecule has 2 aromatic rings. The number of rotatable bonds is 3. The standard InChI is InChI=1S/C17H18N2O2/c1-12-8-4-5-9-14(12)17(21)18-15-10-6-7-11-16(15)19(3)13(2)20/h4-11H,1-3H3,(H,18,21). The predicted octanol–water partition coefficient (Wildman–Crippen LogP) is 3.23. The highest BCUT2D eigenvalue weighted by molar-refractivity contribution is 6.08. The van der Waals surface area contributed by atoms with Gasteiger partial charge in [-0.1, -0.05) is 30.3 Å². The lowest BCUT2D eigenvalue weighted by atomic mass is 10.1. The molecule has 2 rings (SSSR count). The maximum atomic E-state index is 12.4. The van der Waals surface area contributed by atoms with Crippen molar-refractivity contribution in [1.82, 2.24) is 0 Å². The van der Waals surface area contributed by atoms with Crippen LogP contribution in [0.25, 0.3) is 0 Å². The fraction of sp³-hybridized carbons (Fsp3) is 0.176. The molecule has 0 aliphatic rings. The Morgan fingerprint density at radius 3 is 2.29 bits per heavy atom. The summed E-state index contributed by atoms with van der Waals surface area (Å²) in [4.78, 5) is 25.4. The number of carbonyl (C=O) groups excluding carboxylic acids is 2. The SMILES string of the molecule is CC(=O)N(C)c1ccccc1NC(=O)c1ccccc1C. The van der Waals surface area contributed by atoms with E-state index in [0.29, 0.717) is 16.9 Å². The number of nitrogens with one attached hydrogen (secondary N) is 1. The van der Waals surface area contributed by atoms with Crippen molar-refractivity contribution in [3.05, 3.63) is 59.7 Å². The van der Waals surface area contributed by atoms with Gasteiger partial charge in [-0.2, -0.15) is 0 Å². The summed E-state index contributed by atoms with van der Waals surface area (Å²) in [6, 6.07) is 14.6. The Hall–Kier alpha value is -2.62. The molecule has 1 N–H and O–H groups in total. The van der Waals surface area contributed by atoms with E-state index in [1.54, 1.807) is 25.2 Å². The highest BCUT2D eigenvalue weighted by atomic mass is 16.2. The summed E-state index contributed by atoms with van der Waals surface area (Å²) in [5, 5.41) is 2.87. The van der Waals surface area contributed by atoms with Gasteiger partial charge < -0.3 is 10.2 Å². The maximum Gasteiger partial charge on any atom is 0.255 e. The monoisotopic (exact) mass is 282 g/mol. The van der Waals surface area contributed by atoms with Crippen molar-refractivity contribution in [2.45, 2.75) is 13.8 Å². The van der Waals surface area contributed by atoms with E-state index in [-0.39, 0.29) is 11.8 Å². The number of hydrogen-bond acceptors (Lipinski definition) is 2. The van der Waals surface area contributed by atoms with E-state index >= 15 is 0 Å². The van der Waals surface area contributed by atoms with Crippen molar-refractivity contribution in [3.8, 4) is 0 Å². The smallest absolute Gasteiger partial charge is 0.255 e. The topological polar surface area (TPSA) is 49.4 Å². The summed E-state index contributed by atoms with van der Waals surface area (Å²) in [6.45, 7) is 3.38. The lowest BCUT2D eigenvalue weighted by Gasteiger charge is -2.19. The Balaban J connectivity index is 2.30. The third kappa shape index (κ3) is 3.28. The van der Waals surface area contributed by atoms with Gasteiger partial charge in [0, 0.05) is 19.5 Å². The Morgan fingerprint density at radius 2 is 1.62 bits per heavy atom. The van der Waals surface area contributed by atoms with E-state index < -0.39 is 0 Å². The zero-order valence-corrected chi connectivity index (χ0v) is 12.4. The minimum absolute atomic E-state index is 0.0902. The molecule has 2 amide bonds. The van der Waals surface area contributed by atoms with Gasteiger partial charge in [0.25, 0.3) is 5.91 Å². The van der Waals surface area contributed by atoms with Crippen molar-refractivity contribution >= 4 is 23.2 Å². The predicted molar refractivity (Wildman–Crippen MR) is 84.7 cm³/mol. The molecule has 0 bridgehead atoms. The second kappa shape index (κ2) is 6.22. The van der Waals surface area contributed by atoms with Gasteiger partial charge in [-0.05, 0) is 30.7 Å². The summed E-state index contributed by atoms with van der Waals surface area (Å²) in [5.41, 5.74) is 2.82. The number of para-hydroxylation sites is 2. The number of anilines is 2. The second-order valence-corrected chi connectivity index (χ2v) is 4.86. The Kier molecular flexibility index (Phi) is 4.38. The summed E-state index contributed by atoms with van der Waals surface area (Å²) in [6.07, 6.45) is 0. The van der Waals surface area contributed by atoms with Crippen molar-refractivity contribution in [1.29, 1.82) is 0 Å². The van der Waals surface area contributed by atoms with Gasteiger partial charge in [-0.3, -0.25) is 9.59 Å². The molecule has 0 heterocycles. The number of aryl methyl sites for hydroxylation is 1. The number of hydrogen-bond donors (Lipinski definition) is 1. The summed E-state index contributed by atoms with van der Waals surface area (Å²) in [7, 11) is 1.68. The van der Waals surface area contributed by atoms with Crippen LogP contribution in [0, 0.1) is 6.92 Å². The molecule has 0 saturated carbocycles. The molecule has 0 unspecified atom stereocenters. The quantitative estimate of drug-likeness (QED) is 0.939. The average Bonchev–Trinajstić information content (AvgIpc) is 2.47. The first-order valence-corrected chi connectivity index (χ1v) is 6.71. The van der Waals surface area contributed by atoms with E-state index in [1.807, 2.05) is 37.3 Å². The molecule has 108 valence electrons. The van der Waals surface area contributed by atoms with Crippen molar-refractivity contribution in [2.24, 2.45) is 0 Å².